The molecule has 0 aliphatic heterocycles. The second-order valence-corrected chi connectivity index (χ2v) is 5.05. The molecule has 1 aliphatic rings. The van der Waals surface area contributed by atoms with Gasteiger partial charge in [-0.3, -0.25) is 0 Å². The molecule has 1 N–H and O–H groups in total. The molecule has 1 saturated carbocycles. The van der Waals surface area contributed by atoms with E-state index in [1.807, 2.05) is 25.2 Å². The van der Waals surface area contributed by atoms with Crippen LogP contribution in [0.15, 0.2) is 18.2 Å². The SMILES string of the molecule is COc1ccc(OC)c(N(C)CC2(CO)CC2)c1. The third-order valence-corrected chi connectivity index (χ3v) is 3.66. The average molecular weight is 251 g/mol. The molecule has 0 atom stereocenters. The summed E-state index contributed by atoms with van der Waals surface area (Å²) in [5, 5.41) is 9.40. The molecular weight excluding hydrogens is 230 g/mol. The van der Waals surface area contributed by atoms with E-state index in [1.54, 1.807) is 14.2 Å². The van der Waals surface area contributed by atoms with Gasteiger partial charge >= 0.3 is 0 Å². The first-order valence-electron chi connectivity index (χ1n) is 6.18. The van der Waals surface area contributed by atoms with E-state index in [0.717, 1.165) is 36.6 Å². The van der Waals surface area contributed by atoms with Crippen LogP contribution in [0.5, 0.6) is 11.5 Å². The highest BCUT2D eigenvalue weighted by atomic mass is 16.5. The first-order chi connectivity index (χ1) is 8.64. The van der Waals surface area contributed by atoms with Crippen molar-refractivity contribution in [2.75, 3.05) is 39.3 Å². The maximum Gasteiger partial charge on any atom is 0.142 e. The Morgan fingerprint density at radius 2 is 2.00 bits per heavy atom. The largest absolute Gasteiger partial charge is 0.497 e. The van der Waals surface area contributed by atoms with E-state index in [1.165, 1.54) is 0 Å². The van der Waals surface area contributed by atoms with Crippen LogP contribution in [0.3, 0.4) is 0 Å². The number of rotatable bonds is 6. The van der Waals surface area contributed by atoms with E-state index in [9.17, 15) is 5.11 Å². The minimum Gasteiger partial charge on any atom is -0.497 e. The lowest BCUT2D eigenvalue weighted by molar-refractivity contribution is 0.215. The van der Waals surface area contributed by atoms with Gasteiger partial charge in [0.15, 0.2) is 0 Å². The predicted molar refractivity (Wildman–Crippen MR) is 71.6 cm³/mol. The normalized spacial score (nSPS) is 16.2. The Labute approximate surface area is 108 Å². The molecular formula is C14H21NO3. The maximum absolute atomic E-state index is 9.40. The van der Waals surface area contributed by atoms with Crippen molar-refractivity contribution in [3.8, 4) is 11.5 Å². The van der Waals surface area contributed by atoms with Crippen LogP contribution >= 0.6 is 0 Å². The summed E-state index contributed by atoms with van der Waals surface area (Å²) in [6, 6.07) is 5.75. The highest BCUT2D eigenvalue weighted by Crippen LogP contribution is 2.46. The van der Waals surface area contributed by atoms with E-state index in [0.29, 0.717) is 0 Å². The van der Waals surface area contributed by atoms with Gasteiger partial charge in [-0.2, -0.15) is 0 Å². The zero-order valence-corrected chi connectivity index (χ0v) is 11.3. The number of hydrogen-bond acceptors (Lipinski definition) is 4. The number of aliphatic hydroxyl groups is 1. The van der Waals surface area contributed by atoms with Gasteiger partial charge in [0, 0.05) is 25.1 Å². The lowest BCUT2D eigenvalue weighted by Crippen LogP contribution is -2.29. The Bertz CT molecular complexity index is 416. The van der Waals surface area contributed by atoms with Crippen molar-refractivity contribution in [3.63, 3.8) is 0 Å². The van der Waals surface area contributed by atoms with Crippen LogP contribution in [0.1, 0.15) is 12.8 Å². The maximum atomic E-state index is 9.40. The fourth-order valence-electron chi connectivity index (χ4n) is 2.23. The molecule has 18 heavy (non-hydrogen) atoms. The van der Waals surface area contributed by atoms with E-state index in [-0.39, 0.29) is 12.0 Å². The first kappa shape index (κ1) is 13.0. The fraction of sp³-hybridized carbons (Fsp3) is 0.571. The van der Waals surface area contributed by atoms with E-state index in [2.05, 4.69) is 4.90 Å². The third kappa shape index (κ3) is 2.53. The van der Waals surface area contributed by atoms with E-state index in [4.69, 9.17) is 9.47 Å². The minimum absolute atomic E-state index is 0.0861. The van der Waals surface area contributed by atoms with Crippen LogP contribution in [0.4, 0.5) is 5.69 Å². The van der Waals surface area contributed by atoms with E-state index < -0.39 is 0 Å². The molecule has 100 valence electrons. The topological polar surface area (TPSA) is 41.9 Å². The number of ether oxygens (including phenoxy) is 2. The first-order valence-corrected chi connectivity index (χ1v) is 6.18. The lowest BCUT2D eigenvalue weighted by Gasteiger charge is -2.26. The van der Waals surface area contributed by atoms with Gasteiger partial charge in [-0.25, -0.2) is 0 Å². The van der Waals surface area contributed by atoms with Gasteiger partial charge in [0.2, 0.25) is 0 Å². The molecule has 0 bridgehead atoms. The summed E-state index contributed by atoms with van der Waals surface area (Å²) in [5.74, 6) is 1.64. The molecule has 0 unspecified atom stereocenters. The van der Waals surface area contributed by atoms with Gasteiger partial charge in [0.1, 0.15) is 11.5 Å². The molecule has 1 aliphatic carbocycles. The zero-order valence-electron chi connectivity index (χ0n) is 11.3. The van der Waals surface area contributed by atoms with Crippen molar-refractivity contribution in [3.05, 3.63) is 18.2 Å². The molecule has 0 amide bonds. The molecule has 0 heterocycles. The summed E-state index contributed by atoms with van der Waals surface area (Å²) in [4.78, 5) is 2.13. The molecule has 0 radical (unpaired) electrons. The number of nitrogens with zero attached hydrogens (tertiary/aromatic N) is 1. The molecule has 1 fully saturated rings. The van der Waals surface area contributed by atoms with E-state index >= 15 is 0 Å². The van der Waals surface area contributed by atoms with Crippen molar-refractivity contribution in [2.45, 2.75) is 12.8 Å². The minimum atomic E-state index is 0.0861. The smallest absolute Gasteiger partial charge is 0.142 e. The molecule has 4 heteroatoms. The van der Waals surface area contributed by atoms with Gasteiger partial charge in [-0.1, -0.05) is 0 Å². The molecule has 1 aromatic carbocycles. The van der Waals surface area contributed by atoms with Crippen LogP contribution in [0, 0.1) is 5.41 Å². The second kappa shape index (κ2) is 5.06. The van der Waals surface area contributed by atoms with Crippen LogP contribution in [-0.4, -0.2) is 39.5 Å². The summed E-state index contributed by atoms with van der Waals surface area (Å²) in [5.41, 5.74) is 1.08. The summed E-state index contributed by atoms with van der Waals surface area (Å²) < 4.78 is 10.6. The summed E-state index contributed by atoms with van der Waals surface area (Å²) in [6.07, 6.45) is 2.19. The fourth-order valence-corrected chi connectivity index (χ4v) is 2.23. The van der Waals surface area contributed by atoms with Crippen LogP contribution in [0.2, 0.25) is 0 Å². The van der Waals surface area contributed by atoms with Crippen molar-refractivity contribution in [1.82, 2.24) is 0 Å². The Kier molecular flexibility index (Phi) is 3.66. The number of methoxy groups -OCH3 is 2. The molecule has 0 spiro atoms. The van der Waals surface area contributed by atoms with Gasteiger partial charge in [0.25, 0.3) is 0 Å². The third-order valence-electron chi connectivity index (χ3n) is 3.66. The Balaban J connectivity index is 2.19. The summed E-state index contributed by atoms with van der Waals surface area (Å²) >= 11 is 0. The lowest BCUT2D eigenvalue weighted by atomic mass is 10.1. The standard InChI is InChI=1S/C14H21NO3/c1-15(9-14(10-16)6-7-14)12-8-11(17-2)4-5-13(12)18-3/h4-5,8,16H,6-7,9-10H2,1-3H3. The van der Waals surface area contributed by atoms with Crippen molar-refractivity contribution in [1.29, 1.82) is 0 Å². The number of benzene rings is 1. The van der Waals surface area contributed by atoms with Gasteiger partial charge < -0.3 is 19.5 Å². The van der Waals surface area contributed by atoms with Crippen LogP contribution in [-0.2, 0) is 0 Å². The van der Waals surface area contributed by atoms with Crippen LogP contribution < -0.4 is 14.4 Å². The van der Waals surface area contributed by atoms with Gasteiger partial charge in [0.05, 0.1) is 26.5 Å². The monoisotopic (exact) mass is 251 g/mol. The summed E-state index contributed by atoms with van der Waals surface area (Å²) in [7, 11) is 5.34. The molecule has 1 aromatic rings. The predicted octanol–water partition coefficient (Wildman–Crippen LogP) is 1.91. The average Bonchev–Trinajstić information content (AvgIpc) is 3.18. The number of hydrogen-bond donors (Lipinski definition) is 1. The van der Waals surface area contributed by atoms with Crippen LogP contribution in [0.25, 0.3) is 0 Å². The quantitative estimate of drug-likeness (QED) is 0.838. The highest BCUT2D eigenvalue weighted by molar-refractivity contribution is 5.61. The van der Waals surface area contributed by atoms with Gasteiger partial charge in [-0.05, 0) is 25.0 Å². The van der Waals surface area contributed by atoms with Crippen molar-refractivity contribution < 1.29 is 14.6 Å². The Morgan fingerprint density at radius 3 is 2.50 bits per heavy atom. The highest BCUT2D eigenvalue weighted by Gasteiger charge is 2.43. The zero-order chi connectivity index (χ0) is 13.2. The molecule has 0 aromatic heterocycles. The molecule has 2 rings (SSSR count). The number of anilines is 1. The van der Waals surface area contributed by atoms with Crippen molar-refractivity contribution in [2.24, 2.45) is 5.41 Å². The number of aliphatic hydroxyl groups excluding tert-OH is 1. The Morgan fingerprint density at radius 1 is 1.28 bits per heavy atom. The summed E-state index contributed by atoms with van der Waals surface area (Å²) in [6.45, 7) is 1.09. The Hall–Kier alpha value is -1.42. The van der Waals surface area contributed by atoms with Gasteiger partial charge in [-0.15, -0.1) is 0 Å². The molecule has 0 saturated heterocycles. The van der Waals surface area contributed by atoms with Crippen molar-refractivity contribution >= 4 is 5.69 Å². The second-order valence-electron chi connectivity index (χ2n) is 5.05. The molecule has 4 nitrogen and oxygen atoms in total.